The molecule has 1 saturated carbocycles. The summed E-state index contributed by atoms with van der Waals surface area (Å²) in [6, 6.07) is 18.2. The zero-order valence-corrected chi connectivity index (χ0v) is 20.5. The molecule has 0 spiro atoms. The van der Waals surface area contributed by atoms with Gasteiger partial charge < -0.3 is 19.4 Å². The molecule has 5 aromatic rings. The van der Waals surface area contributed by atoms with E-state index in [1.165, 1.54) is 17.7 Å². The Bertz CT molecular complexity index is 1590. The van der Waals surface area contributed by atoms with Crippen LogP contribution in [-0.4, -0.2) is 43.5 Å². The highest BCUT2D eigenvalue weighted by atomic mass is 32.1. The number of aromatic nitrogens is 3. The summed E-state index contributed by atoms with van der Waals surface area (Å²) in [6.45, 7) is 0.470. The normalized spacial score (nSPS) is 14.0. The highest BCUT2D eigenvalue weighted by Gasteiger charge is 2.41. The summed E-state index contributed by atoms with van der Waals surface area (Å²) in [5.74, 6) is 0.628. The van der Waals surface area contributed by atoms with Gasteiger partial charge in [-0.3, -0.25) is 14.9 Å². The van der Waals surface area contributed by atoms with Gasteiger partial charge in [0.2, 0.25) is 5.95 Å². The maximum atomic E-state index is 13.1. The van der Waals surface area contributed by atoms with Gasteiger partial charge >= 0.3 is 0 Å². The first-order valence-electron chi connectivity index (χ1n) is 11.8. The number of ketones is 1. The molecule has 186 valence electrons. The van der Waals surface area contributed by atoms with Gasteiger partial charge in [0, 0.05) is 11.3 Å². The maximum Gasteiger partial charge on any atom is 0.268 e. The third-order valence-corrected chi connectivity index (χ3v) is 7.41. The molecule has 0 unspecified atom stereocenters. The fourth-order valence-electron chi connectivity index (χ4n) is 4.09. The minimum Gasteiger partial charge on any atom is -0.443 e. The predicted octanol–water partition coefficient (Wildman–Crippen LogP) is 4.82. The van der Waals surface area contributed by atoms with E-state index < -0.39 is 5.60 Å². The Morgan fingerprint density at radius 3 is 2.70 bits per heavy atom. The monoisotopic (exact) mass is 513 g/mol. The lowest BCUT2D eigenvalue weighted by atomic mass is 10.1. The quantitative estimate of drug-likeness (QED) is 0.241. The van der Waals surface area contributed by atoms with Crippen LogP contribution in [-0.2, 0) is 6.54 Å². The Labute approximate surface area is 215 Å². The summed E-state index contributed by atoms with van der Waals surface area (Å²) in [6.07, 6.45) is 4.35. The minimum absolute atomic E-state index is 0.0178. The number of thiophene rings is 1. The first-order valence-corrected chi connectivity index (χ1v) is 12.6. The third kappa shape index (κ3) is 4.89. The molecule has 3 aromatic heterocycles. The summed E-state index contributed by atoms with van der Waals surface area (Å²) in [4.78, 5) is 35.4. The zero-order valence-electron chi connectivity index (χ0n) is 19.7. The highest BCUT2D eigenvalue weighted by molar-refractivity contribution is 7.17. The van der Waals surface area contributed by atoms with Crippen LogP contribution in [0.1, 0.15) is 32.9 Å². The second kappa shape index (κ2) is 9.30. The Morgan fingerprint density at radius 2 is 1.95 bits per heavy atom. The van der Waals surface area contributed by atoms with E-state index in [9.17, 15) is 14.7 Å². The van der Waals surface area contributed by atoms with Crippen molar-refractivity contribution in [2.75, 3.05) is 17.2 Å². The summed E-state index contributed by atoms with van der Waals surface area (Å²) >= 11 is 1.29. The molecule has 9 nitrogen and oxygen atoms in total. The second-order valence-electron chi connectivity index (χ2n) is 9.08. The molecule has 0 atom stereocenters. The van der Waals surface area contributed by atoms with Gasteiger partial charge in [0.1, 0.15) is 0 Å². The van der Waals surface area contributed by atoms with Crippen LogP contribution in [0.2, 0.25) is 0 Å². The van der Waals surface area contributed by atoms with Crippen molar-refractivity contribution in [2.24, 2.45) is 0 Å². The Balaban J connectivity index is 1.24. The second-order valence-corrected chi connectivity index (χ2v) is 10.2. The summed E-state index contributed by atoms with van der Waals surface area (Å²) in [5.41, 5.74) is 2.01. The van der Waals surface area contributed by atoms with Crippen LogP contribution < -0.4 is 10.6 Å². The van der Waals surface area contributed by atoms with Crippen LogP contribution in [0.15, 0.2) is 77.7 Å². The number of nitrogens with zero attached hydrogens (tertiary/aromatic N) is 3. The Hall–Kier alpha value is -4.28. The number of amides is 1. The molecule has 2 aromatic carbocycles. The molecule has 0 bridgehead atoms. The van der Waals surface area contributed by atoms with Crippen molar-refractivity contribution in [3.63, 3.8) is 0 Å². The van der Waals surface area contributed by atoms with Gasteiger partial charge in [0.05, 0.1) is 45.7 Å². The molecule has 1 amide bonds. The first-order chi connectivity index (χ1) is 18.0. The predicted molar refractivity (Wildman–Crippen MR) is 141 cm³/mol. The number of hydrogen-bond acceptors (Lipinski definition) is 8. The molecule has 6 rings (SSSR count). The van der Waals surface area contributed by atoms with E-state index in [0.717, 1.165) is 16.1 Å². The van der Waals surface area contributed by atoms with Crippen LogP contribution in [0.3, 0.4) is 0 Å². The molecule has 0 radical (unpaired) electrons. The standard InChI is InChI=1S/C27H23N5O4S/c33-21(17-4-2-1-3-5-17)13-29-18-6-7-20-19(12-18)30-26(32(20)15-27(35)10-11-27)31-25(34)24-9-8-23(37-24)22-14-28-16-36-22/h1-9,12,14,16,29,35H,10-11,13,15H2,(H,30,31,34). The van der Waals surface area contributed by atoms with Crippen molar-refractivity contribution in [1.29, 1.82) is 0 Å². The molecule has 3 N–H and O–H groups in total. The van der Waals surface area contributed by atoms with Gasteiger partial charge in [-0.2, -0.15) is 0 Å². The highest BCUT2D eigenvalue weighted by Crippen LogP contribution is 2.39. The van der Waals surface area contributed by atoms with Gasteiger partial charge in [-0.15, -0.1) is 11.3 Å². The molecule has 1 aliphatic carbocycles. The van der Waals surface area contributed by atoms with Crippen molar-refractivity contribution in [2.45, 2.75) is 25.0 Å². The van der Waals surface area contributed by atoms with E-state index in [2.05, 4.69) is 20.6 Å². The van der Waals surface area contributed by atoms with E-state index in [0.29, 0.717) is 47.1 Å². The molecule has 1 aliphatic rings. The number of anilines is 2. The number of hydrogen-bond donors (Lipinski definition) is 3. The zero-order chi connectivity index (χ0) is 25.4. The van der Waals surface area contributed by atoms with Gasteiger partial charge in [-0.05, 0) is 43.2 Å². The van der Waals surface area contributed by atoms with Crippen molar-refractivity contribution in [3.05, 3.63) is 83.7 Å². The third-order valence-electron chi connectivity index (χ3n) is 6.31. The topological polar surface area (TPSA) is 122 Å². The molecule has 10 heteroatoms. The van der Waals surface area contributed by atoms with Crippen molar-refractivity contribution in [1.82, 2.24) is 14.5 Å². The SMILES string of the molecule is O=C(CNc1ccc2c(c1)nc(NC(=O)c1ccc(-c3cnco3)s1)n2CC1(O)CC1)c1ccccc1. The molecule has 37 heavy (non-hydrogen) atoms. The van der Waals surface area contributed by atoms with Crippen LogP contribution >= 0.6 is 11.3 Å². The van der Waals surface area contributed by atoms with E-state index in [-0.39, 0.29) is 18.2 Å². The lowest BCUT2D eigenvalue weighted by molar-refractivity contribution is 0.100. The largest absolute Gasteiger partial charge is 0.443 e. The molecule has 3 heterocycles. The Morgan fingerprint density at radius 1 is 1.11 bits per heavy atom. The smallest absolute Gasteiger partial charge is 0.268 e. The van der Waals surface area contributed by atoms with Crippen LogP contribution in [0, 0.1) is 0 Å². The number of oxazole rings is 1. The summed E-state index contributed by atoms with van der Waals surface area (Å²) < 4.78 is 7.16. The summed E-state index contributed by atoms with van der Waals surface area (Å²) in [5, 5.41) is 16.7. The molecular weight excluding hydrogens is 490 g/mol. The average Bonchev–Trinajstić information content (AvgIpc) is 3.34. The lowest BCUT2D eigenvalue weighted by Gasteiger charge is -2.13. The average molecular weight is 514 g/mol. The van der Waals surface area contributed by atoms with Crippen LogP contribution in [0.4, 0.5) is 11.6 Å². The maximum absolute atomic E-state index is 13.1. The van der Waals surface area contributed by atoms with E-state index >= 15 is 0 Å². The van der Waals surface area contributed by atoms with Gasteiger partial charge in [-0.25, -0.2) is 9.97 Å². The fraction of sp³-hybridized carbons (Fsp3) is 0.185. The number of rotatable bonds is 9. The van der Waals surface area contributed by atoms with Gasteiger partial charge in [-0.1, -0.05) is 30.3 Å². The number of carbonyl (C=O) groups is 2. The van der Waals surface area contributed by atoms with Crippen molar-refractivity contribution < 1.29 is 19.1 Å². The van der Waals surface area contributed by atoms with Gasteiger partial charge in [0.15, 0.2) is 17.9 Å². The summed E-state index contributed by atoms with van der Waals surface area (Å²) in [7, 11) is 0. The minimum atomic E-state index is -0.797. The number of carbonyl (C=O) groups excluding carboxylic acids is 2. The van der Waals surface area contributed by atoms with Crippen LogP contribution in [0.5, 0.6) is 0 Å². The molecular formula is C27H23N5O4S. The van der Waals surface area contributed by atoms with Crippen LogP contribution in [0.25, 0.3) is 21.7 Å². The molecule has 1 fully saturated rings. The van der Waals surface area contributed by atoms with Crippen molar-refractivity contribution in [3.8, 4) is 10.6 Å². The van der Waals surface area contributed by atoms with E-state index in [1.54, 1.807) is 24.4 Å². The molecule has 0 aliphatic heterocycles. The number of imidazole rings is 1. The lowest BCUT2D eigenvalue weighted by Crippen LogP contribution is -2.21. The number of fused-ring (bicyclic) bond motifs is 1. The number of Topliss-reactive ketones (excluding diaryl/α,β-unsaturated/α-hetero) is 1. The number of nitrogens with one attached hydrogen (secondary N) is 2. The van der Waals surface area contributed by atoms with Crippen molar-refractivity contribution >= 4 is 45.7 Å². The Kier molecular flexibility index (Phi) is 5.82. The number of benzene rings is 2. The van der Waals surface area contributed by atoms with E-state index in [1.807, 2.05) is 47.0 Å². The van der Waals surface area contributed by atoms with Gasteiger partial charge in [0.25, 0.3) is 5.91 Å². The molecule has 0 saturated heterocycles. The first kappa shape index (κ1) is 23.1. The fourth-order valence-corrected chi connectivity index (χ4v) is 4.95. The van der Waals surface area contributed by atoms with E-state index in [4.69, 9.17) is 4.42 Å². The number of aliphatic hydroxyl groups is 1.